The Labute approximate surface area is 61.0 Å². The largest absolute Gasteiger partial charge is 0.448 e. The van der Waals surface area contributed by atoms with Crippen LogP contribution in [0.4, 0.5) is 0 Å². The molecular formula is C7H13NO2. The molecule has 0 amide bonds. The predicted octanol–water partition coefficient (Wildman–Crippen LogP) is 0.252. The Balaban J connectivity index is 2.19. The molecule has 2 unspecified atom stereocenters. The van der Waals surface area contributed by atoms with Crippen molar-refractivity contribution in [1.82, 2.24) is 4.90 Å². The highest BCUT2D eigenvalue weighted by molar-refractivity contribution is 5.87. The zero-order valence-electron chi connectivity index (χ0n) is 6.63. The lowest BCUT2D eigenvalue weighted by molar-refractivity contribution is -0.117. The van der Waals surface area contributed by atoms with Gasteiger partial charge in [0.15, 0.2) is 0 Å². The van der Waals surface area contributed by atoms with Crippen molar-refractivity contribution >= 4 is 5.97 Å². The lowest BCUT2D eigenvalue weighted by Gasteiger charge is -2.17. The van der Waals surface area contributed by atoms with Crippen LogP contribution in [0.25, 0.3) is 0 Å². The molecular weight excluding hydrogens is 130 g/mol. The Bertz CT molecular complexity index is 145. The van der Waals surface area contributed by atoms with E-state index in [0.717, 1.165) is 6.42 Å². The van der Waals surface area contributed by atoms with Crippen LogP contribution in [0.3, 0.4) is 0 Å². The first kappa shape index (κ1) is 7.54. The Hall–Kier alpha value is -0.570. The molecule has 58 valence electrons. The van der Waals surface area contributed by atoms with Crippen molar-refractivity contribution in [3.8, 4) is 0 Å². The molecule has 0 spiro atoms. The summed E-state index contributed by atoms with van der Waals surface area (Å²) in [7, 11) is 4.00. The predicted molar refractivity (Wildman–Crippen MR) is 37.6 cm³/mol. The molecule has 0 aromatic heterocycles. The van der Waals surface area contributed by atoms with Gasteiger partial charge in [-0.25, -0.2) is 4.79 Å². The number of rotatable bonds is 3. The fourth-order valence-electron chi connectivity index (χ4n) is 0.771. The van der Waals surface area contributed by atoms with Gasteiger partial charge in [0.25, 0.3) is 0 Å². The van der Waals surface area contributed by atoms with Gasteiger partial charge in [-0.3, -0.25) is 0 Å². The second kappa shape index (κ2) is 2.58. The Morgan fingerprint density at radius 1 is 1.70 bits per heavy atom. The number of ether oxygens (including phenoxy) is 1. The average Bonchev–Trinajstić information content (AvgIpc) is 2.46. The van der Waals surface area contributed by atoms with E-state index in [4.69, 9.17) is 0 Å². The summed E-state index contributed by atoms with van der Waals surface area (Å²) >= 11 is 0. The quantitative estimate of drug-likeness (QED) is 0.531. The van der Waals surface area contributed by atoms with Gasteiger partial charge in [0, 0.05) is 12.5 Å². The normalized spacial score (nSPS) is 26.4. The number of hydrogen-bond donors (Lipinski definition) is 0. The monoisotopic (exact) mass is 143 g/mol. The highest BCUT2D eigenvalue weighted by Crippen LogP contribution is 2.19. The van der Waals surface area contributed by atoms with E-state index in [1.165, 1.54) is 0 Å². The minimum Gasteiger partial charge on any atom is -0.448 e. The maximum absolute atomic E-state index is 10.4. The molecule has 0 aromatic rings. The number of carbonyl (C=O) groups is 1. The number of carbonyl (C=O) groups excluding carboxylic acids is 1. The summed E-state index contributed by atoms with van der Waals surface area (Å²) in [5.74, 6) is -0.0475. The first-order chi connectivity index (χ1) is 4.61. The molecule has 0 N–H and O–H groups in total. The van der Waals surface area contributed by atoms with Crippen molar-refractivity contribution in [3.63, 3.8) is 0 Å². The van der Waals surface area contributed by atoms with Crippen molar-refractivity contribution < 1.29 is 9.53 Å². The van der Waals surface area contributed by atoms with Crippen molar-refractivity contribution in [2.75, 3.05) is 14.1 Å². The van der Waals surface area contributed by atoms with Crippen molar-refractivity contribution in [2.45, 2.75) is 25.5 Å². The second-order valence-electron chi connectivity index (χ2n) is 2.97. The third-order valence-electron chi connectivity index (χ3n) is 1.90. The maximum Gasteiger partial charge on any atom is 0.348 e. The fraction of sp³-hybridized carbons (Fsp3) is 0.857. The van der Waals surface area contributed by atoms with Crippen LogP contribution in [-0.2, 0) is 9.53 Å². The summed E-state index contributed by atoms with van der Waals surface area (Å²) in [6.45, 7) is 2.08. The average molecular weight is 143 g/mol. The highest BCUT2D eigenvalue weighted by atomic mass is 16.6. The first-order valence-corrected chi connectivity index (χ1v) is 3.48. The molecule has 1 saturated heterocycles. The van der Waals surface area contributed by atoms with Gasteiger partial charge in [0.2, 0.25) is 6.10 Å². The van der Waals surface area contributed by atoms with Gasteiger partial charge in [-0.1, -0.05) is 0 Å². The molecule has 3 heteroatoms. The summed E-state index contributed by atoms with van der Waals surface area (Å²) in [4.78, 5) is 12.5. The van der Waals surface area contributed by atoms with E-state index in [-0.39, 0.29) is 12.1 Å². The lowest BCUT2D eigenvalue weighted by atomic mass is 10.2. The molecule has 0 radical (unpaired) electrons. The molecule has 3 nitrogen and oxygen atoms in total. The number of nitrogens with zero attached hydrogens (tertiary/aromatic N) is 1. The molecule has 1 fully saturated rings. The zero-order valence-corrected chi connectivity index (χ0v) is 6.63. The lowest BCUT2D eigenvalue weighted by Crippen LogP contribution is -2.26. The van der Waals surface area contributed by atoms with Crippen molar-refractivity contribution in [3.05, 3.63) is 0 Å². The zero-order chi connectivity index (χ0) is 7.72. The number of cyclic esters (lactones) is 1. The molecule has 0 saturated carbocycles. The van der Waals surface area contributed by atoms with Gasteiger partial charge in [0.1, 0.15) is 0 Å². The molecule has 0 aliphatic carbocycles. The summed E-state index contributed by atoms with van der Waals surface area (Å²) in [5, 5.41) is 0. The SMILES string of the molecule is CC(CC1OC1=O)N(C)C. The van der Waals surface area contributed by atoms with Gasteiger partial charge in [-0.05, 0) is 21.0 Å². The molecule has 1 aliphatic rings. The van der Waals surface area contributed by atoms with Gasteiger partial charge in [0.05, 0.1) is 0 Å². The number of hydrogen-bond acceptors (Lipinski definition) is 3. The Morgan fingerprint density at radius 3 is 2.50 bits per heavy atom. The second-order valence-corrected chi connectivity index (χ2v) is 2.97. The topological polar surface area (TPSA) is 32.8 Å². The Morgan fingerprint density at radius 2 is 2.20 bits per heavy atom. The van der Waals surface area contributed by atoms with E-state index in [0.29, 0.717) is 6.04 Å². The molecule has 10 heavy (non-hydrogen) atoms. The van der Waals surface area contributed by atoms with Gasteiger partial charge < -0.3 is 9.64 Å². The van der Waals surface area contributed by atoms with Crippen LogP contribution in [0.2, 0.25) is 0 Å². The van der Waals surface area contributed by atoms with Crippen LogP contribution in [0.15, 0.2) is 0 Å². The maximum atomic E-state index is 10.4. The third-order valence-corrected chi connectivity index (χ3v) is 1.90. The van der Waals surface area contributed by atoms with E-state index in [2.05, 4.69) is 16.6 Å². The molecule has 1 rings (SSSR count). The van der Waals surface area contributed by atoms with Crippen molar-refractivity contribution in [2.24, 2.45) is 0 Å². The smallest absolute Gasteiger partial charge is 0.348 e. The van der Waals surface area contributed by atoms with E-state index < -0.39 is 0 Å². The van der Waals surface area contributed by atoms with Crippen molar-refractivity contribution in [1.29, 1.82) is 0 Å². The Kier molecular flexibility index (Phi) is 1.94. The van der Waals surface area contributed by atoms with E-state index in [9.17, 15) is 4.79 Å². The van der Waals surface area contributed by atoms with Crippen LogP contribution in [0.5, 0.6) is 0 Å². The highest BCUT2D eigenvalue weighted by Gasteiger charge is 2.39. The molecule has 1 heterocycles. The summed E-state index contributed by atoms with van der Waals surface area (Å²) in [6.07, 6.45) is 0.726. The standard InChI is InChI=1S/C7H13NO2/c1-5(8(2)3)4-6-7(9)10-6/h5-6H,4H2,1-3H3. The summed E-state index contributed by atoms with van der Waals surface area (Å²) < 4.78 is 4.67. The minimum absolute atomic E-state index is 0.0475. The van der Waals surface area contributed by atoms with Crippen LogP contribution >= 0.6 is 0 Å². The van der Waals surface area contributed by atoms with Crippen LogP contribution < -0.4 is 0 Å². The van der Waals surface area contributed by atoms with Crippen LogP contribution in [0.1, 0.15) is 13.3 Å². The van der Waals surface area contributed by atoms with Crippen LogP contribution in [-0.4, -0.2) is 37.1 Å². The van der Waals surface area contributed by atoms with E-state index >= 15 is 0 Å². The van der Waals surface area contributed by atoms with Gasteiger partial charge >= 0.3 is 5.97 Å². The molecule has 1 aliphatic heterocycles. The summed E-state index contributed by atoms with van der Waals surface area (Å²) in [6, 6.07) is 0.427. The molecule has 0 bridgehead atoms. The van der Waals surface area contributed by atoms with E-state index in [1.54, 1.807) is 0 Å². The summed E-state index contributed by atoms with van der Waals surface area (Å²) in [5.41, 5.74) is 0. The van der Waals surface area contributed by atoms with Gasteiger partial charge in [-0.2, -0.15) is 0 Å². The van der Waals surface area contributed by atoms with E-state index in [1.807, 2.05) is 14.1 Å². The minimum atomic E-state index is -0.0996. The third kappa shape index (κ3) is 1.70. The van der Waals surface area contributed by atoms with Crippen LogP contribution in [0, 0.1) is 0 Å². The first-order valence-electron chi connectivity index (χ1n) is 3.48. The fourth-order valence-corrected chi connectivity index (χ4v) is 0.771. The molecule has 0 aromatic carbocycles. The number of epoxide rings is 1. The molecule has 2 atom stereocenters. The van der Waals surface area contributed by atoms with Gasteiger partial charge in [-0.15, -0.1) is 0 Å².